The predicted molar refractivity (Wildman–Crippen MR) is 125 cm³/mol. The van der Waals surface area contributed by atoms with E-state index in [1.165, 1.54) is 11.3 Å². The topological polar surface area (TPSA) is 106 Å². The Morgan fingerprint density at radius 3 is 2.55 bits per heavy atom. The zero-order valence-electron chi connectivity index (χ0n) is 17.8. The summed E-state index contributed by atoms with van der Waals surface area (Å²) in [6.07, 6.45) is 3.40. The maximum Gasteiger partial charge on any atom is 0.286 e. The van der Waals surface area contributed by atoms with Gasteiger partial charge in [0.05, 0.1) is 0 Å². The van der Waals surface area contributed by atoms with Gasteiger partial charge in [-0.15, -0.1) is 10.2 Å². The SMILES string of the molecule is Cc1ccccc1NC(=O)c1nnc(COc2ccc(C(=O)NCc3cccnc3)cc2)s1. The summed E-state index contributed by atoms with van der Waals surface area (Å²) in [4.78, 5) is 28.7. The van der Waals surface area contributed by atoms with Gasteiger partial charge in [0.15, 0.2) is 5.01 Å². The molecule has 2 heterocycles. The Balaban J connectivity index is 1.28. The summed E-state index contributed by atoms with van der Waals surface area (Å²) in [6.45, 7) is 2.49. The molecular formula is C24H21N5O3S. The van der Waals surface area contributed by atoms with Gasteiger partial charge < -0.3 is 15.4 Å². The van der Waals surface area contributed by atoms with Crippen molar-refractivity contribution in [2.24, 2.45) is 0 Å². The van der Waals surface area contributed by atoms with Crippen LogP contribution in [-0.4, -0.2) is 27.0 Å². The number of ether oxygens (including phenoxy) is 1. The van der Waals surface area contributed by atoms with Crippen molar-refractivity contribution in [2.45, 2.75) is 20.1 Å². The van der Waals surface area contributed by atoms with E-state index in [2.05, 4.69) is 25.8 Å². The van der Waals surface area contributed by atoms with Crippen LogP contribution in [0.2, 0.25) is 0 Å². The summed E-state index contributed by atoms with van der Waals surface area (Å²) in [5.74, 6) is 0.0912. The van der Waals surface area contributed by atoms with Crippen molar-refractivity contribution in [1.29, 1.82) is 0 Å². The van der Waals surface area contributed by atoms with E-state index in [-0.39, 0.29) is 23.4 Å². The lowest BCUT2D eigenvalue weighted by Crippen LogP contribution is -2.22. The van der Waals surface area contributed by atoms with Gasteiger partial charge in [0.2, 0.25) is 5.01 Å². The van der Waals surface area contributed by atoms with Crippen molar-refractivity contribution in [3.05, 3.63) is 99.8 Å². The number of hydrogen-bond donors (Lipinski definition) is 2. The number of rotatable bonds is 8. The Hall–Kier alpha value is -4.11. The number of anilines is 1. The zero-order valence-corrected chi connectivity index (χ0v) is 18.6. The van der Waals surface area contributed by atoms with Crippen LogP contribution in [0.5, 0.6) is 5.75 Å². The second kappa shape index (κ2) is 10.5. The van der Waals surface area contributed by atoms with Crippen molar-refractivity contribution in [3.63, 3.8) is 0 Å². The highest BCUT2D eigenvalue weighted by molar-refractivity contribution is 7.13. The average Bonchev–Trinajstić information content (AvgIpc) is 3.33. The maximum absolute atomic E-state index is 12.4. The van der Waals surface area contributed by atoms with Gasteiger partial charge in [-0.05, 0) is 54.4 Å². The molecule has 9 heteroatoms. The molecule has 2 N–H and O–H groups in total. The molecule has 166 valence electrons. The van der Waals surface area contributed by atoms with Gasteiger partial charge in [0.25, 0.3) is 11.8 Å². The van der Waals surface area contributed by atoms with E-state index in [9.17, 15) is 9.59 Å². The van der Waals surface area contributed by atoms with Crippen LogP contribution in [0.1, 0.15) is 36.3 Å². The highest BCUT2D eigenvalue weighted by Gasteiger charge is 2.14. The van der Waals surface area contributed by atoms with Crippen LogP contribution in [0, 0.1) is 6.92 Å². The molecule has 2 aromatic heterocycles. The van der Waals surface area contributed by atoms with Gasteiger partial charge >= 0.3 is 0 Å². The molecule has 33 heavy (non-hydrogen) atoms. The Bertz CT molecular complexity index is 1240. The first-order chi connectivity index (χ1) is 16.1. The second-order valence-electron chi connectivity index (χ2n) is 7.13. The molecule has 0 atom stereocenters. The normalized spacial score (nSPS) is 10.5. The number of nitrogens with one attached hydrogen (secondary N) is 2. The number of benzene rings is 2. The van der Waals surface area contributed by atoms with Crippen molar-refractivity contribution in [2.75, 3.05) is 5.32 Å². The number of nitrogens with zero attached hydrogens (tertiary/aromatic N) is 3. The predicted octanol–water partition coefficient (Wildman–Crippen LogP) is 4.00. The average molecular weight is 460 g/mol. The third-order valence-corrected chi connectivity index (χ3v) is 5.60. The molecular weight excluding hydrogens is 438 g/mol. The quantitative estimate of drug-likeness (QED) is 0.413. The van der Waals surface area contributed by atoms with Crippen LogP contribution in [-0.2, 0) is 13.2 Å². The summed E-state index contributed by atoms with van der Waals surface area (Å²) in [5.41, 5.74) is 3.15. The lowest BCUT2D eigenvalue weighted by Gasteiger charge is -2.07. The smallest absolute Gasteiger partial charge is 0.286 e. The van der Waals surface area contributed by atoms with Crippen molar-refractivity contribution >= 4 is 28.8 Å². The van der Waals surface area contributed by atoms with E-state index in [0.717, 1.165) is 16.8 Å². The second-order valence-corrected chi connectivity index (χ2v) is 8.19. The van der Waals surface area contributed by atoms with Gasteiger partial charge in [-0.3, -0.25) is 14.6 Å². The summed E-state index contributed by atoms with van der Waals surface area (Å²) < 4.78 is 5.72. The number of para-hydroxylation sites is 1. The van der Waals surface area contributed by atoms with Crippen molar-refractivity contribution in [3.8, 4) is 5.75 Å². The first-order valence-corrected chi connectivity index (χ1v) is 11.0. The zero-order chi connectivity index (χ0) is 23.0. The molecule has 4 rings (SSSR count). The van der Waals surface area contributed by atoms with Crippen LogP contribution in [0.15, 0.2) is 73.1 Å². The molecule has 2 aromatic carbocycles. The molecule has 0 fully saturated rings. The number of carbonyl (C=O) groups is 2. The molecule has 0 aliphatic heterocycles. The number of aromatic nitrogens is 3. The van der Waals surface area contributed by atoms with Crippen LogP contribution in [0.3, 0.4) is 0 Å². The molecule has 2 amide bonds. The molecule has 0 spiro atoms. The fourth-order valence-corrected chi connectivity index (χ4v) is 3.58. The molecule has 0 aliphatic carbocycles. The van der Waals surface area contributed by atoms with Gasteiger partial charge in [-0.25, -0.2) is 0 Å². The number of hydrogen-bond acceptors (Lipinski definition) is 7. The highest BCUT2D eigenvalue weighted by atomic mass is 32.1. The highest BCUT2D eigenvalue weighted by Crippen LogP contribution is 2.19. The van der Waals surface area contributed by atoms with E-state index < -0.39 is 0 Å². The van der Waals surface area contributed by atoms with E-state index in [4.69, 9.17) is 4.74 Å². The maximum atomic E-state index is 12.4. The van der Waals surface area contributed by atoms with Crippen molar-refractivity contribution < 1.29 is 14.3 Å². The van der Waals surface area contributed by atoms with Crippen LogP contribution in [0.4, 0.5) is 5.69 Å². The summed E-state index contributed by atoms with van der Waals surface area (Å²) >= 11 is 1.17. The summed E-state index contributed by atoms with van der Waals surface area (Å²) in [7, 11) is 0. The minimum atomic E-state index is -0.310. The van der Waals surface area contributed by atoms with E-state index in [1.54, 1.807) is 36.7 Å². The summed E-state index contributed by atoms with van der Waals surface area (Å²) in [6, 6.07) is 18.1. The third-order valence-electron chi connectivity index (χ3n) is 4.71. The van der Waals surface area contributed by atoms with Crippen LogP contribution < -0.4 is 15.4 Å². The summed E-state index contributed by atoms with van der Waals surface area (Å²) in [5, 5.41) is 14.5. The molecule has 4 aromatic rings. The molecule has 8 nitrogen and oxygen atoms in total. The molecule has 0 bridgehead atoms. The Morgan fingerprint density at radius 1 is 0.970 bits per heavy atom. The van der Waals surface area contributed by atoms with E-state index in [0.29, 0.717) is 22.9 Å². The van der Waals surface area contributed by atoms with Crippen LogP contribution in [0.25, 0.3) is 0 Å². The number of aryl methyl sites for hydroxylation is 1. The van der Waals surface area contributed by atoms with Crippen LogP contribution >= 0.6 is 11.3 Å². The van der Waals surface area contributed by atoms with E-state index in [1.807, 2.05) is 43.3 Å². The van der Waals surface area contributed by atoms with Gasteiger partial charge in [-0.1, -0.05) is 35.6 Å². The first-order valence-electron chi connectivity index (χ1n) is 10.2. The lowest BCUT2D eigenvalue weighted by atomic mass is 10.2. The lowest BCUT2D eigenvalue weighted by molar-refractivity contribution is 0.0950. The largest absolute Gasteiger partial charge is 0.486 e. The minimum Gasteiger partial charge on any atom is -0.486 e. The van der Waals surface area contributed by atoms with Gasteiger partial charge in [0.1, 0.15) is 12.4 Å². The number of carbonyl (C=O) groups excluding carboxylic acids is 2. The molecule has 0 aliphatic rings. The fraction of sp³-hybridized carbons (Fsp3) is 0.125. The first kappa shape index (κ1) is 22.1. The van der Waals surface area contributed by atoms with Gasteiger partial charge in [0, 0.05) is 30.2 Å². The fourth-order valence-electron chi connectivity index (χ4n) is 2.93. The molecule has 0 saturated carbocycles. The molecule has 0 saturated heterocycles. The van der Waals surface area contributed by atoms with Crippen molar-refractivity contribution in [1.82, 2.24) is 20.5 Å². The van der Waals surface area contributed by atoms with Gasteiger partial charge in [-0.2, -0.15) is 0 Å². The minimum absolute atomic E-state index is 0.169. The Labute approximate surface area is 194 Å². The molecule has 0 radical (unpaired) electrons. The standard InChI is InChI=1S/C24H21N5O3S/c1-16-5-2-3-7-20(16)27-23(31)24-29-28-21(33-24)15-32-19-10-8-18(9-11-19)22(30)26-14-17-6-4-12-25-13-17/h2-13H,14-15H2,1H3,(H,26,30)(H,27,31). The Kier molecular flexibility index (Phi) is 7.01. The monoisotopic (exact) mass is 459 g/mol. The number of amides is 2. The van der Waals surface area contributed by atoms with E-state index >= 15 is 0 Å². The third kappa shape index (κ3) is 5.98. The number of pyridine rings is 1. The molecule has 0 unspecified atom stereocenters. The Morgan fingerprint density at radius 2 is 1.79 bits per heavy atom.